The Balaban J connectivity index is 1.54. The fourth-order valence-corrected chi connectivity index (χ4v) is 3.44. The van der Waals surface area contributed by atoms with Gasteiger partial charge >= 0.3 is 11.9 Å². The van der Waals surface area contributed by atoms with Crippen molar-refractivity contribution in [1.82, 2.24) is 10.6 Å². The maximum atomic E-state index is 11.4. The Bertz CT molecular complexity index is 687. The van der Waals surface area contributed by atoms with Gasteiger partial charge in [0.25, 0.3) is 0 Å². The van der Waals surface area contributed by atoms with Crippen LogP contribution in [0.2, 0.25) is 0 Å². The maximum Gasteiger partial charge on any atom is 0.325 e. The minimum atomic E-state index is -0.858. The highest BCUT2D eigenvalue weighted by Gasteiger charge is 2.19. The predicted octanol–water partition coefficient (Wildman–Crippen LogP) is 4.16. The van der Waals surface area contributed by atoms with Crippen LogP contribution in [0.3, 0.4) is 0 Å². The first-order valence-corrected chi connectivity index (χ1v) is 10.6. The summed E-state index contributed by atoms with van der Waals surface area (Å²) in [5.74, 6) is -1.72. The number of hydrogen-bond donors (Lipinski definition) is 4. The second-order valence-corrected chi connectivity index (χ2v) is 7.39. The van der Waals surface area contributed by atoms with Crippen molar-refractivity contribution >= 4 is 11.9 Å². The van der Waals surface area contributed by atoms with Crippen molar-refractivity contribution in [1.29, 1.82) is 0 Å². The van der Waals surface area contributed by atoms with E-state index in [1.165, 1.54) is 0 Å². The lowest BCUT2D eigenvalue weighted by atomic mass is 10.1. The average molecular weight is 413 g/mol. The third-order valence-corrected chi connectivity index (χ3v) is 5.06. The molecule has 162 valence electrons. The van der Waals surface area contributed by atoms with Crippen LogP contribution in [-0.4, -0.2) is 35.2 Å². The summed E-state index contributed by atoms with van der Waals surface area (Å²) in [7, 11) is 0. The van der Waals surface area contributed by atoms with Gasteiger partial charge in [-0.05, 0) is 37.1 Å². The quantitative estimate of drug-likeness (QED) is 0.328. The molecule has 6 heteroatoms. The molecule has 0 spiro atoms. The van der Waals surface area contributed by atoms with Crippen molar-refractivity contribution in [3.05, 3.63) is 71.8 Å². The molecule has 2 aromatic rings. The molecule has 30 heavy (non-hydrogen) atoms. The molecular weight excluding hydrogens is 380 g/mol. The molecule has 2 rings (SSSR count). The predicted molar refractivity (Wildman–Crippen MR) is 117 cm³/mol. The van der Waals surface area contributed by atoms with E-state index in [9.17, 15) is 19.8 Å². The molecular formula is C24H32N2O4. The van der Waals surface area contributed by atoms with Crippen molar-refractivity contribution in [2.75, 3.05) is 13.1 Å². The first-order valence-electron chi connectivity index (χ1n) is 10.6. The normalized spacial score (nSPS) is 12.9. The molecule has 0 radical (unpaired) electrons. The number of carboxylic acid groups (broad SMARTS) is 2. The molecule has 0 saturated heterocycles. The van der Waals surface area contributed by atoms with Gasteiger partial charge in [-0.25, -0.2) is 0 Å². The molecule has 0 fully saturated rings. The second-order valence-electron chi connectivity index (χ2n) is 7.39. The van der Waals surface area contributed by atoms with Crippen LogP contribution in [-0.2, 0) is 9.59 Å². The third-order valence-electron chi connectivity index (χ3n) is 5.06. The van der Waals surface area contributed by atoms with Gasteiger partial charge in [0.05, 0.1) is 0 Å². The standard InChI is InChI=1S/C24H32N2O4/c27-23(28)21(19-13-7-5-8-14-19)25-17-11-3-1-2-4-12-18-26-22(24(29)30)20-15-9-6-10-16-20/h5-10,13-16,21-22,25-26H,1-4,11-12,17-18H2,(H,27,28)(H,29,30). The SMILES string of the molecule is O=C(O)C(NCCCCCCCCNC(C(=O)O)c1ccccc1)c1ccccc1. The molecule has 0 aliphatic heterocycles. The molecule has 6 nitrogen and oxygen atoms in total. The van der Waals surface area contributed by atoms with Gasteiger partial charge in [0, 0.05) is 0 Å². The molecule has 0 aliphatic rings. The summed E-state index contributed by atoms with van der Waals surface area (Å²) in [5, 5.41) is 25.0. The lowest BCUT2D eigenvalue weighted by Gasteiger charge is -2.15. The Kier molecular flexibility index (Phi) is 10.6. The largest absolute Gasteiger partial charge is 0.480 e. The van der Waals surface area contributed by atoms with Crippen molar-refractivity contribution in [3.8, 4) is 0 Å². The van der Waals surface area contributed by atoms with Crippen LogP contribution in [0.1, 0.15) is 61.7 Å². The van der Waals surface area contributed by atoms with E-state index < -0.39 is 24.0 Å². The van der Waals surface area contributed by atoms with Gasteiger partial charge in [0.15, 0.2) is 0 Å². The molecule has 2 atom stereocenters. The van der Waals surface area contributed by atoms with E-state index in [2.05, 4.69) is 10.6 Å². The highest BCUT2D eigenvalue weighted by Crippen LogP contribution is 2.14. The number of aliphatic carboxylic acids is 2. The zero-order chi connectivity index (χ0) is 21.6. The fraction of sp³-hybridized carbons (Fsp3) is 0.417. The first kappa shape index (κ1) is 23.6. The van der Waals surface area contributed by atoms with Gasteiger partial charge < -0.3 is 20.8 Å². The topological polar surface area (TPSA) is 98.7 Å². The summed E-state index contributed by atoms with van der Waals surface area (Å²) in [6.45, 7) is 1.34. The third kappa shape index (κ3) is 8.35. The Morgan fingerprint density at radius 2 is 0.933 bits per heavy atom. The summed E-state index contributed by atoms with van der Waals surface area (Å²) in [6, 6.07) is 17.1. The van der Waals surface area contributed by atoms with Crippen LogP contribution < -0.4 is 10.6 Å². The number of benzene rings is 2. The van der Waals surface area contributed by atoms with Crippen LogP contribution in [0.25, 0.3) is 0 Å². The lowest BCUT2D eigenvalue weighted by Crippen LogP contribution is -2.29. The van der Waals surface area contributed by atoms with E-state index in [0.717, 1.165) is 49.7 Å². The molecule has 0 aromatic heterocycles. The van der Waals surface area contributed by atoms with Gasteiger partial charge in [-0.15, -0.1) is 0 Å². The van der Waals surface area contributed by atoms with Crippen molar-refractivity contribution < 1.29 is 19.8 Å². The monoisotopic (exact) mass is 412 g/mol. The van der Waals surface area contributed by atoms with Crippen molar-refractivity contribution in [2.24, 2.45) is 0 Å². The van der Waals surface area contributed by atoms with E-state index in [1.807, 2.05) is 60.7 Å². The molecule has 0 heterocycles. The lowest BCUT2D eigenvalue weighted by molar-refractivity contribution is -0.140. The van der Waals surface area contributed by atoms with Gasteiger partial charge in [-0.3, -0.25) is 9.59 Å². The van der Waals surface area contributed by atoms with Crippen LogP contribution in [0.15, 0.2) is 60.7 Å². The van der Waals surface area contributed by atoms with Crippen LogP contribution in [0.5, 0.6) is 0 Å². The number of hydrogen-bond acceptors (Lipinski definition) is 4. The Labute approximate surface area is 178 Å². The Hall–Kier alpha value is -2.70. The summed E-state index contributed by atoms with van der Waals surface area (Å²) >= 11 is 0. The van der Waals surface area contributed by atoms with Crippen molar-refractivity contribution in [3.63, 3.8) is 0 Å². The summed E-state index contributed by atoms with van der Waals surface area (Å²) in [4.78, 5) is 22.9. The minimum absolute atomic E-state index is 0.663. The van der Waals surface area contributed by atoms with E-state index in [4.69, 9.17) is 0 Å². The van der Waals surface area contributed by atoms with Crippen LogP contribution >= 0.6 is 0 Å². The number of nitrogens with one attached hydrogen (secondary N) is 2. The van der Waals surface area contributed by atoms with Gasteiger partial charge in [-0.2, -0.15) is 0 Å². The van der Waals surface area contributed by atoms with Crippen molar-refractivity contribution in [2.45, 2.75) is 50.6 Å². The highest BCUT2D eigenvalue weighted by molar-refractivity contribution is 5.76. The number of carboxylic acids is 2. The Morgan fingerprint density at radius 1 is 0.600 bits per heavy atom. The molecule has 0 amide bonds. The summed E-state index contributed by atoms with van der Waals surface area (Å²) < 4.78 is 0. The number of carbonyl (C=O) groups is 2. The maximum absolute atomic E-state index is 11.4. The zero-order valence-corrected chi connectivity index (χ0v) is 17.3. The molecule has 2 unspecified atom stereocenters. The molecule has 0 aliphatic carbocycles. The summed E-state index contributed by atoms with van der Waals surface area (Å²) in [6.07, 6.45) is 6.14. The highest BCUT2D eigenvalue weighted by atomic mass is 16.4. The molecule has 0 saturated carbocycles. The number of unbranched alkanes of at least 4 members (excludes halogenated alkanes) is 5. The zero-order valence-electron chi connectivity index (χ0n) is 17.3. The second kappa shape index (κ2) is 13.5. The molecule has 4 N–H and O–H groups in total. The van der Waals surface area contributed by atoms with Gasteiger partial charge in [0.2, 0.25) is 0 Å². The number of rotatable bonds is 15. The molecule has 2 aromatic carbocycles. The van der Waals surface area contributed by atoms with E-state index in [0.29, 0.717) is 13.1 Å². The molecule has 0 bridgehead atoms. The first-order chi connectivity index (χ1) is 14.6. The van der Waals surface area contributed by atoms with Gasteiger partial charge in [-0.1, -0.05) is 86.3 Å². The van der Waals surface area contributed by atoms with E-state index >= 15 is 0 Å². The fourth-order valence-electron chi connectivity index (χ4n) is 3.44. The minimum Gasteiger partial charge on any atom is -0.480 e. The van der Waals surface area contributed by atoms with Crippen LogP contribution in [0.4, 0.5) is 0 Å². The van der Waals surface area contributed by atoms with Crippen LogP contribution in [0, 0.1) is 0 Å². The van der Waals surface area contributed by atoms with Gasteiger partial charge in [0.1, 0.15) is 12.1 Å². The average Bonchev–Trinajstić information content (AvgIpc) is 2.75. The smallest absolute Gasteiger partial charge is 0.325 e. The van der Waals surface area contributed by atoms with E-state index in [-0.39, 0.29) is 0 Å². The summed E-state index contributed by atoms with van der Waals surface area (Å²) in [5.41, 5.74) is 1.54. The van der Waals surface area contributed by atoms with E-state index in [1.54, 1.807) is 0 Å². The Morgan fingerprint density at radius 3 is 1.27 bits per heavy atom.